The zero-order valence-electron chi connectivity index (χ0n) is 1.12. The predicted octanol–water partition coefficient (Wildman–Crippen LogP) is -3.94. The van der Waals surface area contributed by atoms with Crippen molar-refractivity contribution in [2.24, 2.45) is 0 Å². The molecule has 0 N–H and O–H groups in total. The molecule has 0 aromatic heterocycles. The summed E-state index contributed by atoms with van der Waals surface area (Å²) in [5.41, 5.74) is 0. The molecule has 0 aliphatic carbocycles. The smallest absolute Gasteiger partial charge is 0.0149 e. The molecule has 0 saturated carbocycles. The first-order valence-corrected chi connectivity index (χ1v) is 1.50. The molecule has 0 aliphatic heterocycles. The molecular weight excluding hydrogens is 294 g/mol. The van der Waals surface area contributed by atoms with Crippen molar-refractivity contribution in [3.8, 4) is 0 Å². The molecule has 0 saturated heterocycles. The van der Waals surface area contributed by atoms with Crippen LogP contribution >= 0.6 is 0 Å². The summed E-state index contributed by atoms with van der Waals surface area (Å²) < 4.78 is 8.38. The molecule has 1 nitrogen and oxygen atoms in total. The molecular formula is H10GaInOSiZn. The van der Waals surface area contributed by atoms with Crippen LogP contribution in [-0.2, 0) is 21.8 Å². The Kier molecular flexibility index (Phi) is 193. The molecule has 0 spiro atoms. The zero-order chi connectivity index (χ0) is 2.00. The molecule has 0 heterocycles. The Labute approximate surface area is 77.5 Å². The molecule has 0 bridgehead atoms. The van der Waals surface area contributed by atoms with Gasteiger partial charge in [0.1, 0.15) is 0 Å². The van der Waals surface area contributed by atoms with Crippen LogP contribution in [0.1, 0.15) is 0 Å². The molecule has 0 aromatic rings. The van der Waals surface area contributed by atoms with E-state index in [4.69, 9.17) is 3.57 Å². The van der Waals surface area contributed by atoms with Crippen LogP contribution in [0.25, 0.3) is 0 Å². The summed E-state index contributed by atoms with van der Waals surface area (Å²) >= 11 is 0.125. The van der Waals surface area contributed by atoms with Crippen molar-refractivity contribution in [1.82, 2.24) is 0 Å². The van der Waals surface area contributed by atoms with Gasteiger partial charge >= 0.3 is 67.5 Å². The van der Waals surface area contributed by atoms with Gasteiger partial charge in [0.2, 0.25) is 0 Å². The van der Waals surface area contributed by atoms with E-state index in [2.05, 4.69) is 0 Å². The summed E-state index contributed by atoms with van der Waals surface area (Å²) in [7, 11) is 0. The van der Waals surface area contributed by atoms with E-state index in [1.807, 2.05) is 0 Å². The number of hydrogen-bond acceptors (Lipinski definition) is 1. The quantitative estimate of drug-likeness (QED) is 0.418. The van der Waals surface area contributed by atoms with Crippen LogP contribution in [0.2, 0.25) is 0 Å². The van der Waals surface area contributed by atoms with E-state index < -0.39 is 0 Å². The summed E-state index contributed by atoms with van der Waals surface area (Å²) in [5, 5.41) is 0. The molecule has 28 valence electrons. The van der Waals surface area contributed by atoms with Gasteiger partial charge in [-0.3, -0.25) is 0 Å². The first-order chi connectivity index (χ1) is 1.00. The van der Waals surface area contributed by atoms with Gasteiger partial charge in [-0.1, -0.05) is 0 Å². The summed E-state index contributed by atoms with van der Waals surface area (Å²) in [4.78, 5) is 0. The molecule has 0 atom stereocenters. The van der Waals surface area contributed by atoms with Crippen LogP contribution in [0, 0.1) is 0 Å². The first kappa shape index (κ1) is 27.3. The van der Waals surface area contributed by atoms with Crippen LogP contribution in [0.3, 0.4) is 0 Å². The molecule has 0 unspecified atom stereocenters. The van der Waals surface area contributed by atoms with Crippen LogP contribution in [0.15, 0.2) is 0 Å². The van der Waals surface area contributed by atoms with E-state index in [-0.39, 0.29) is 74.9 Å². The Morgan fingerprint density at radius 1 is 1.20 bits per heavy atom. The summed E-state index contributed by atoms with van der Waals surface area (Å²) in [6.45, 7) is 0. The SMILES string of the molecule is [GaH3].[InH3].[O]=[Zn].[SiH4]. The molecule has 0 aliphatic rings. The van der Waals surface area contributed by atoms with E-state index in [1.54, 1.807) is 0 Å². The Morgan fingerprint density at radius 2 is 1.20 bits per heavy atom. The fourth-order valence-corrected chi connectivity index (χ4v) is 0. The van der Waals surface area contributed by atoms with E-state index in [0.29, 0.717) is 0 Å². The summed E-state index contributed by atoms with van der Waals surface area (Å²) in [6, 6.07) is 0. The maximum absolute atomic E-state index is 8.38. The minimum absolute atomic E-state index is 0. The van der Waals surface area contributed by atoms with E-state index in [0.717, 1.165) is 0 Å². The Bertz CT molecular complexity index is 11.6. The maximum Gasteiger partial charge on any atom is -0.0149 e. The maximum atomic E-state index is 8.38. The average molecular weight is 304 g/mol. The summed E-state index contributed by atoms with van der Waals surface area (Å²) in [5.74, 6) is 0. The van der Waals surface area contributed by atoms with Crippen molar-refractivity contribution in [2.45, 2.75) is 0 Å². The van der Waals surface area contributed by atoms with Gasteiger partial charge in [0, 0.05) is 0 Å². The molecule has 0 radical (unpaired) electrons. The Hall–Kier alpha value is 2.15. The fourth-order valence-electron chi connectivity index (χ4n) is 0. The third kappa shape index (κ3) is 22.9. The monoisotopic (exact) mass is 302 g/mol. The standard InChI is InChI=1S/Ga.In.O.H4Si.Zn.6H/h;;;1H4;;;;;;;. The third-order valence-electron chi connectivity index (χ3n) is 0. The predicted molar refractivity (Wildman–Crippen MR) is 31.9 cm³/mol. The molecule has 0 aromatic carbocycles. The number of hydrogen-bond donors (Lipinski definition) is 0. The van der Waals surface area contributed by atoms with Crippen molar-refractivity contribution in [3.63, 3.8) is 0 Å². The van der Waals surface area contributed by atoms with Crippen LogP contribution in [-0.4, -0.2) is 56.6 Å². The van der Waals surface area contributed by atoms with E-state index in [1.165, 1.54) is 0 Å². The first-order valence-electron chi connectivity index (χ1n) is 0.289. The van der Waals surface area contributed by atoms with Crippen molar-refractivity contribution in [3.05, 3.63) is 0 Å². The molecule has 0 rings (SSSR count). The van der Waals surface area contributed by atoms with Crippen LogP contribution < -0.4 is 0 Å². The second kappa shape index (κ2) is 35.3. The van der Waals surface area contributed by atoms with Gasteiger partial charge in [-0.25, -0.2) is 0 Å². The van der Waals surface area contributed by atoms with Crippen LogP contribution in [0.4, 0.5) is 0 Å². The number of rotatable bonds is 0. The minimum atomic E-state index is 0. The van der Waals surface area contributed by atoms with Gasteiger partial charge in [-0.2, -0.15) is 0 Å². The van der Waals surface area contributed by atoms with Gasteiger partial charge in [0.15, 0.2) is 0 Å². The van der Waals surface area contributed by atoms with Gasteiger partial charge in [-0.05, 0) is 11.0 Å². The average Bonchev–Trinajstić information content (AvgIpc) is 1.00. The van der Waals surface area contributed by atoms with E-state index >= 15 is 0 Å². The fraction of sp³-hybridized carbons (Fsp3) is 0. The molecule has 5 heteroatoms. The third-order valence-corrected chi connectivity index (χ3v) is 0. The van der Waals surface area contributed by atoms with E-state index in [9.17, 15) is 0 Å². The normalized spacial score (nSPS) is 1.20. The van der Waals surface area contributed by atoms with Gasteiger partial charge in [-0.15, -0.1) is 0 Å². The second-order valence-corrected chi connectivity index (χ2v) is 0. The largest absolute Gasteiger partial charge is 0.0149 e. The van der Waals surface area contributed by atoms with Gasteiger partial charge in [0.25, 0.3) is 0 Å². The Morgan fingerprint density at radius 3 is 1.20 bits per heavy atom. The van der Waals surface area contributed by atoms with Gasteiger partial charge in [0.05, 0.1) is 0 Å². The second-order valence-electron chi connectivity index (χ2n) is 0. The van der Waals surface area contributed by atoms with Crippen molar-refractivity contribution >= 4 is 56.6 Å². The van der Waals surface area contributed by atoms with Crippen LogP contribution in [0.5, 0.6) is 0 Å². The molecule has 5 heavy (non-hydrogen) atoms. The van der Waals surface area contributed by atoms with Crippen molar-refractivity contribution < 1.29 is 21.8 Å². The summed E-state index contributed by atoms with van der Waals surface area (Å²) in [6.07, 6.45) is 0. The minimum Gasteiger partial charge on any atom is -0.0149 e. The molecule has 0 fully saturated rings. The molecule has 0 amide bonds. The Balaban J connectivity index is -0.00000000167. The zero-order valence-corrected chi connectivity index (χ0v) is 4.08. The van der Waals surface area contributed by atoms with Crippen molar-refractivity contribution in [2.75, 3.05) is 0 Å². The topological polar surface area (TPSA) is 17.1 Å². The van der Waals surface area contributed by atoms with Gasteiger partial charge < -0.3 is 0 Å². The van der Waals surface area contributed by atoms with Crippen molar-refractivity contribution in [1.29, 1.82) is 0 Å².